The predicted molar refractivity (Wildman–Crippen MR) is 94.2 cm³/mol. The minimum absolute atomic E-state index is 0.0150. The second kappa shape index (κ2) is 7.04. The third-order valence-electron chi connectivity index (χ3n) is 4.67. The standard InChI is InChI=1S/C18H23N5O2/c1-13-6-8-14(9-7-13)17(25)23-10-4-5-15(11-23)16(24)22(3)18-20-19-12-21(18)2/h6-9,12,15H,4-5,10-11H2,1-3H3. The maximum Gasteiger partial charge on any atom is 0.253 e. The highest BCUT2D eigenvalue weighted by Crippen LogP contribution is 2.22. The van der Waals surface area contributed by atoms with E-state index in [-0.39, 0.29) is 17.7 Å². The molecule has 2 aromatic rings. The molecule has 1 saturated heterocycles. The highest BCUT2D eigenvalue weighted by atomic mass is 16.2. The molecular formula is C18H23N5O2. The zero-order valence-corrected chi connectivity index (χ0v) is 14.8. The van der Waals surface area contributed by atoms with Gasteiger partial charge < -0.3 is 9.47 Å². The first kappa shape index (κ1) is 17.1. The first-order chi connectivity index (χ1) is 12.0. The molecule has 1 unspecified atom stereocenters. The second-order valence-electron chi connectivity index (χ2n) is 6.60. The smallest absolute Gasteiger partial charge is 0.253 e. The van der Waals surface area contributed by atoms with E-state index in [2.05, 4.69) is 10.2 Å². The highest BCUT2D eigenvalue weighted by molar-refractivity contribution is 5.96. The van der Waals surface area contributed by atoms with Gasteiger partial charge in [0.1, 0.15) is 6.33 Å². The Morgan fingerprint density at radius 2 is 1.96 bits per heavy atom. The fourth-order valence-electron chi connectivity index (χ4n) is 3.20. The van der Waals surface area contributed by atoms with Crippen LogP contribution in [0.4, 0.5) is 5.95 Å². The van der Waals surface area contributed by atoms with Gasteiger partial charge in [-0.05, 0) is 31.9 Å². The lowest BCUT2D eigenvalue weighted by Crippen LogP contribution is -2.46. The molecule has 1 aliphatic rings. The highest BCUT2D eigenvalue weighted by Gasteiger charge is 2.32. The monoisotopic (exact) mass is 341 g/mol. The summed E-state index contributed by atoms with van der Waals surface area (Å²) in [6, 6.07) is 7.55. The minimum Gasteiger partial charge on any atom is -0.338 e. The number of benzene rings is 1. The fraction of sp³-hybridized carbons (Fsp3) is 0.444. The maximum absolute atomic E-state index is 12.8. The molecule has 2 heterocycles. The number of amides is 2. The number of hydrogen-bond donors (Lipinski definition) is 0. The summed E-state index contributed by atoms with van der Waals surface area (Å²) in [5.41, 5.74) is 1.79. The normalized spacial score (nSPS) is 17.4. The van der Waals surface area contributed by atoms with E-state index in [4.69, 9.17) is 0 Å². The van der Waals surface area contributed by atoms with E-state index in [0.29, 0.717) is 24.6 Å². The summed E-state index contributed by atoms with van der Waals surface area (Å²) in [4.78, 5) is 28.8. The average Bonchev–Trinajstić information content (AvgIpc) is 3.06. The van der Waals surface area contributed by atoms with Gasteiger partial charge in [0.05, 0.1) is 5.92 Å². The van der Waals surface area contributed by atoms with Gasteiger partial charge in [0.25, 0.3) is 5.91 Å². The number of rotatable bonds is 3. The van der Waals surface area contributed by atoms with Crippen molar-refractivity contribution in [2.45, 2.75) is 19.8 Å². The van der Waals surface area contributed by atoms with Crippen LogP contribution in [0.15, 0.2) is 30.6 Å². The molecule has 132 valence electrons. The van der Waals surface area contributed by atoms with Gasteiger partial charge in [0.15, 0.2) is 0 Å². The van der Waals surface area contributed by atoms with Crippen molar-refractivity contribution in [1.29, 1.82) is 0 Å². The lowest BCUT2D eigenvalue weighted by Gasteiger charge is -2.33. The lowest BCUT2D eigenvalue weighted by molar-refractivity contribution is -0.123. The number of likely N-dealkylation sites (tertiary alicyclic amines) is 1. The molecule has 1 aromatic heterocycles. The molecule has 0 bridgehead atoms. The van der Waals surface area contributed by atoms with Crippen molar-refractivity contribution in [3.05, 3.63) is 41.7 Å². The van der Waals surface area contributed by atoms with E-state index in [1.54, 1.807) is 29.9 Å². The van der Waals surface area contributed by atoms with Crippen LogP contribution in [-0.4, -0.2) is 51.6 Å². The number of nitrogens with zero attached hydrogens (tertiary/aromatic N) is 5. The molecule has 1 aliphatic heterocycles. The summed E-state index contributed by atoms with van der Waals surface area (Å²) in [5, 5.41) is 7.79. The number of aryl methyl sites for hydroxylation is 2. The molecule has 7 heteroatoms. The van der Waals surface area contributed by atoms with E-state index >= 15 is 0 Å². The zero-order chi connectivity index (χ0) is 18.0. The van der Waals surface area contributed by atoms with Gasteiger partial charge in [-0.2, -0.15) is 0 Å². The Labute approximate surface area is 147 Å². The Morgan fingerprint density at radius 1 is 1.24 bits per heavy atom. The summed E-state index contributed by atoms with van der Waals surface area (Å²) < 4.78 is 1.70. The Morgan fingerprint density at radius 3 is 2.60 bits per heavy atom. The summed E-state index contributed by atoms with van der Waals surface area (Å²) >= 11 is 0. The molecule has 0 saturated carbocycles. The van der Waals surface area contributed by atoms with Crippen LogP contribution in [0.2, 0.25) is 0 Å². The van der Waals surface area contributed by atoms with E-state index in [0.717, 1.165) is 18.4 Å². The largest absolute Gasteiger partial charge is 0.338 e. The number of carbonyl (C=O) groups excluding carboxylic acids is 2. The van der Waals surface area contributed by atoms with Crippen LogP contribution in [0.3, 0.4) is 0 Å². The molecule has 1 atom stereocenters. The lowest BCUT2D eigenvalue weighted by atomic mass is 9.96. The Bertz CT molecular complexity index is 768. The van der Waals surface area contributed by atoms with Crippen LogP contribution in [0.5, 0.6) is 0 Å². The molecule has 0 N–H and O–H groups in total. The molecule has 25 heavy (non-hydrogen) atoms. The Balaban J connectivity index is 1.70. The van der Waals surface area contributed by atoms with Crippen molar-refractivity contribution in [1.82, 2.24) is 19.7 Å². The molecule has 1 fully saturated rings. The molecule has 0 aliphatic carbocycles. The van der Waals surface area contributed by atoms with Crippen molar-refractivity contribution in [2.24, 2.45) is 13.0 Å². The van der Waals surface area contributed by atoms with E-state index in [1.807, 2.05) is 31.2 Å². The van der Waals surface area contributed by atoms with Crippen molar-refractivity contribution >= 4 is 17.8 Å². The quantitative estimate of drug-likeness (QED) is 0.851. The summed E-state index contributed by atoms with van der Waals surface area (Å²) in [7, 11) is 3.50. The molecule has 3 rings (SSSR count). The second-order valence-corrected chi connectivity index (χ2v) is 6.60. The van der Waals surface area contributed by atoms with Crippen molar-refractivity contribution in [3.8, 4) is 0 Å². The zero-order valence-electron chi connectivity index (χ0n) is 14.8. The van der Waals surface area contributed by atoms with Crippen LogP contribution < -0.4 is 4.90 Å². The number of anilines is 1. The van der Waals surface area contributed by atoms with Crippen molar-refractivity contribution in [3.63, 3.8) is 0 Å². The summed E-state index contributed by atoms with van der Waals surface area (Å²) in [6.07, 6.45) is 3.16. The Kier molecular flexibility index (Phi) is 4.83. The van der Waals surface area contributed by atoms with Crippen molar-refractivity contribution in [2.75, 3.05) is 25.0 Å². The van der Waals surface area contributed by atoms with Crippen LogP contribution in [0, 0.1) is 12.8 Å². The van der Waals surface area contributed by atoms with Crippen molar-refractivity contribution < 1.29 is 9.59 Å². The molecule has 1 aromatic carbocycles. The van der Waals surface area contributed by atoms with Gasteiger partial charge in [-0.3, -0.25) is 14.5 Å². The number of aromatic nitrogens is 3. The van der Waals surface area contributed by atoms with Crippen LogP contribution >= 0.6 is 0 Å². The third-order valence-corrected chi connectivity index (χ3v) is 4.67. The van der Waals surface area contributed by atoms with E-state index in [1.165, 1.54) is 4.90 Å². The fourth-order valence-corrected chi connectivity index (χ4v) is 3.20. The molecule has 7 nitrogen and oxygen atoms in total. The van der Waals surface area contributed by atoms with Crippen LogP contribution in [0.25, 0.3) is 0 Å². The van der Waals surface area contributed by atoms with Gasteiger partial charge in [0.2, 0.25) is 11.9 Å². The first-order valence-electron chi connectivity index (χ1n) is 8.45. The third kappa shape index (κ3) is 3.55. The SMILES string of the molecule is Cc1ccc(C(=O)N2CCCC(C(=O)N(C)c3nncn3C)C2)cc1. The van der Waals surface area contributed by atoms with Gasteiger partial charge in [-0.1, -0.05) is 17.7 Å². The van der Waals surface area contributed by atoms with Gasteiger partial charge in [-0.15, -0.1) is 10.2 Å². The molecular weight excluding hydrogens is 318 g/mol. The molecule has 0 spiro atoms. The number of hydrogen-bond acceptors (Lipinski definition) is 4. The summed E-state index contributed by atoms with van der Waals surface area (Å²) in [6.45, 7) is 3.12. The average molecular weight is 341 g/mol. The predicted octanol–water partition coefficient (Wildman–Crippen LogP) is 1.64. The number of piperidine rings is 1. The van der Waals surface area contributed by atoms with E-state index in [9.17, 15) is 9.59 Å². The Hall–Kier alpha value is -2.70. The van der Waals surface area contributed by atoms with Gasteiger partial charge >= 0.3 is 0 Å². The van der Waals surface area contributed by atoms with E-state index < -0.39 is 0 Å². The minimum atomic E-state index is -0.218. The van der Waals surface area contributed by atoms with Crippen LogP contribution in [0.1, 0.15) is 28.8 Å². The molecule has 2 amide bonds. The van der Waals surface area contributed by atoms with Gasteiger partial charge in [0, 0.05) is 32.7 Å². The number of carbonyl (C=O) groups is 2. The first-order valence-corrected chi connectivity index (χ1v) is 8.45. The summed E-state index contributed by atoms with van der Waals surface area (Å²) in [5.74, 6) is 0.244. The topological polar surface area (TPSA) is 71.3 Å². The van der Waals surface area contributed by atoms with Gasteiger partial charge in [-0.25, -0.2) is 0 Å². The van der Waals surface area contributed by atoms with Crippen LogP contribution in [-0.2, 0) is 11.8 Å². The molecule has 0 radical (unpaired) electrons. The maximum atomic E-state index is 12.8.